The van der Waals surface area contributed by atoms with Gasteiger partial charge in [0.15, 0.2) is 5.57 Å². The molecule has 0 aromatic carbocycles. The highest BCUT2D eigenvalue weighted by atomic mass is 16.4. The molecule has 0 aliphatic carbocycles. The van der Waals surface area contributed by atoms with Crippen molar-refractivity contribution < 1.29 is 24.9 Å². The van der Waals surface area contributed by atoms with E-state index in [0.29, 0.717) is 0 Å². The van der Waals surface area contributed by atoms with Gasteiger partial charge in [-0.2, -0.15) is 5.26 Å². The summed E-state index contributed by atoms with van der Waals surface area (Å²) in [4.78, 5) is 19.9. The van der Waals surface area contributed by atoms with Gasteiger partial charge in [0, 0.05) is 0 Å². The molecule has 0 aromatic rings. The first kappa shape index (κ1) is 8.97. The monoisotopic (exact) mass is 157 g/mol. The third-order valence-electron chi connectivity index (χ3n) is 0.765. The highest BCUT2D eigenvalue weighted by Crippen LogP contribution is 1.99. The van der Waals surface area contributed by atoms with E-state index in [1.807, 2.05) is 0 Å². The van der Waals surface area contributed by atoms with Crippen LogP contribution >= 0.6 is 0 Å². The highest BCUT2D eigenvalue weighted by molar-refractivity contribution is 6.00. The van der Waals surface area contributed by atoms with Crippen LogP contribution in [0.4, 0.5) is 0 Å². The van der Waals surface area contributed by atoms with E-state index in [1.165, 1.54) is 0 Å². The fraction of sp³-hybridized carbons (Fsp3) is 0. The molecule has 6 nitrogen and oxygen atoms in total. The number of nitrogens with zero attached hydrogens (tertiary/aromatic N) is 1. The van der Waals surface area contributed by atoms with Crippen molar-refractivity contribution in [1.82, 2.24) is 0 Å². The third kappa shape index (κ3) is 1.98. The minimum atomic E-state index is -1.84. The zero-order chi connectivity index (χ0) is 9.02. The van der Waals surface area contributed by atoms with Crippen LogP contribution in [0.2, 0.25) is 0 Å². The minimum absolute atomic E-state index is 1.03. The summed E-state index contributed by atoms with van der Waals surface area (Å²) in [5.74, 6) is -5.07. The first-order chi connectivity index (χ1) is 5.00. The van der Waals surface area contributed by atoms with E-state index in [4.69, 9.17) is 20.6 Å². The van der Waals surface area contributed by atoms with Crippen molar-refractivity contribution in [2.24, 2.45) is 0 Å². The van der Waals surface area contributed by atoms with Gasteiger partial charge in [0.25, 0.3) is 0 Å². The van der Waals surface area contributed by atoms with Crippen LogP contribution in [0.5, 0.6) is 0 Å². The lowest BCUT2D eigenvalue weighted by molar-refractivity contribution is -0.138. The molecule has 0 aliphatic rings. The molecule has 0 amide bonds. The molecule has 0 rings (SSSR count). The van der Waals surface area contributed by atoms with Crippen LogP contribution < -0.4 is 0 Å². The number of carboxylic acids is 2. The number of rotatable bonds is 2. The van der Waals surface area contributed by atoms with Crippen molar-refractivity contribution in [2.75, 3.05) is 0 Å². The van der Waals surface area contributed by atoms with E-state index >= 15 is 0 Å². The van der Waals surface area contributed by atoms with Gasteiger partial charge in [-0.05, 0) is 0 Å². The highest BCUT2D eigenvalue weighted by Gasteiger charge is 2.18. The Bertz CT molecular complexity index is 271. The molecule has 0 radical (unpaired) electrons. The maximum Gasteiger partial charge on any atom is 0.372 e. The molecule has 11 heavy (non-hydrogen) atoms. The SMILES string of the molecule is N#C/C(C(=O)O)=C(/O)C(=O)O. The van der Waals surface area contributed by atoms with Gasteiger partial charge in [0.2, 0.25) is 5.76 Å². The standard InChI is InChI=1S/C5H3NO5/c6-1-2(4(8)9)3(7)5(10)11/h7H,(H,8,9)(H,10,11)/b3-2-. The molecule has 3 N–H and O–H groups in total. The predicted octanol–water partition coefficient (Wildman–Crippen LogP) is -0.509. The minimum Gasteiger partial charge on any atom is -0.501 e. The van der Waals surface area contributed by atoms with E-state index in [1.54, 1.807) is 0 Å². The Hall–Kier alpha value is -2.03. The lowest BCUT2D eigenvalue weighted by Crippen LogP contribution is -2.09. The van der Waals surface area contributed by atoms with Crippen molar-refractivity contribution in [3.05, 3.63) is 11.3 Å². The van der Waals surface area contributed by atoms with Gasteiger partial charge in [-0.3, -0.25) is 0 Å². The van der Waals surface area contributed by atoms with E-state index in [2.05, 4.69) is 0 Å². The second kappa shape index (κ2) is 3.22. The number of carboxylic acid groups (broad SMARTS) is 2. The summed E-state index contributed by atoms with van der Waals surface area (Å²) < 4.78 is 0. The molecule has 0 aliphatic heterocycles. The number of aliphatic hydroxyl groups excluding tert-OH is 1. The maximum absolute atomic E-state index is 9.97. The molecule has 0 unspecified atom stereocenters. The van der Waals surface area contributed by atoms with E-state index < -0.39 is 23.3 Å². The number of carbonyl (C=O) groups is 2. The van der Waals surface area contributed by atoms with Crippen molar-refractivity contribution in [3.63, 3.8) is 0 Å². The third-order valence-corrected chi connectivity index (χ3v) is 0.765. The van der Waals surface area contributed by atoms with Crippen molar-refractivity contribution in [3.8, 4) is 6.07 Å². The topological polar surface area (TPSA) is 119 Å². The Balaban J connectivity index is 5.04. The summed E-state index contributed by atoms with van der Waals surface area (Å²) >= 11 is 0. The summed E-state index contributed by atoms with van der Waals surface area (Å²) in [6, 6.07) is 1.03. The molecule has 0 saturated carbocycles. The van der Waals surface area contributed by atoms with Gasteiger partial charge in [-0.15, -0.1) is 0 Å². The summed E-state index contributed by atoms with van der Waals surface area (Å²) in [5.41, 5.74) is -1.18. The lowest BCUT2D eigenvalue weighted by atomic mass is 10.2. The van der Waals surface area contributed by atoms with Crippen LogP contribution in [0.25, 0.3) is 0 Å². The Labute approximate surface area is 60.6 Å². The quantitative estimate of drug-likeness (QED) is 0.282. The van der Waals surface area contributed by atoms with Crippen molar-refractivity contribution >= 4 is 11.9 Å². The Morgan fingerprint density at radius 3 is 1.64 bits per heavy atom. The zero-order valence-corrected chi connectivity index (χ0v) is 5.11. The molecule has 58 valence electrons. The number of hydrogen-bond donors (Lipinski definition) is 3. The van der Waals surface area contributed by atoms with Crippen molar-refractivity contribution in [1.29, 1.82) is 5.26 Å². The summed E-state index contributed by atoms with van der Waals surface area (Å²) in [6.07, 6.45) is 0. The molecule has 6 heteroatoms. The fourth-order valence-corrected chi connectivity index (χ4v) is 0.309. The van der Waals surface area contributed by atoms with Gasteiger partial charge >= 0.3 is 11.9 Å². The van der Waals surface area contributed by atoms with Crippen LogP contribution in [0.15, 0.2) is 11.3 Å². The maximum atomic E-state index is 9.97. The molecule has 0 bridgehead atoms. The number of aliphatic hydroxyl groups is 1. The molecule has 0 atom stereocenters. The molecular weight excluding hydrogens is 154 g/mol. The van der Waals surface area contributed by atoms with E-state index in [0.717, 1.165) is 6.07 Å². The second-order valence-corrected chi connectivity index (χ2v) is 1.45. The van der Waals surface area contributed by atoms with Crippen LogP contribution in [0.3, 0.4) is 0 Å². The molecule has 0 spiro atoms. The van der Waals surface area contributed by atoms with Gasteiger partial charge in [0.05, 0.1) is 0 Å². The molecule has 0 aromatic heterocycles. The normalized spacial score (nSPS) is 11.2. The smallest absolute Gasteiger partial charge is 0.372 e. The molecule has 0 saturated heterocycles. The first-order valence-electron chi connectivity index (χ1n) is 2.30. The largest absolute Gasteiger partial charge is 0.501 e. The average Bonchev–Trinajstić information content (AvgIpc) is 1.88. The fourth-order valence-electron chi connectivity index (χ4n) is 0.309. The van der Waals surface area contributed by atoms with Crippen LogP contribution in [-0.4, -0.2) is 27.3 Å². The van der Waals surface area contributed by atoms with Gasteiger partial charge in [-0.25, -0.2) is 9.59 Å². The van der Waals surface area contributed by atoms with Gasteiger partial charge in [0.1, 0.15) is 6.07 Å². The predicted molar refractivity (Wildman–Crippen MR) is 30.5 cm³/mol. The van der Waals surface area contributed by atoms with Crippen LogP contribution in [0.1, 0.15) is 0 Å². The van der Waals surface area contributed by atoms with E-state index in [9.17, 15) is 9.59 Å². The Morgan fingerprint density at radius 2 is 1.55 bits per heavy atom. The van der Waals surface area contributed by atoms with E-state index in [-0.39, 0.29) is 0 Å². The Morgan fingerprint density at radius 1 is 1.09 bits per heavy atom. The van der Waals surface area contributed by atoms with Crippen molar-refractivity contribution in [2.45, 2.75) is 0 Å². The zero-order valence-electron chi connectivity index (χ0n) is 5.11. The van der Waals surface area contributed by atoms with Crippen LogP contribution in [0, 0.1) is 11.3 Å². The van der Waals surface area contributed by atoms with Gasteiger partial charge in [-0.1, -0.05) is 0 Å². The summed E-state index contributed by atoms with van der Waals surface area (Å²) in [6.45, 7) is 0. The Kier molecular flexibility index (Phi) is 2.62. The molecule has 0 heterocycles. The average molecular weight is 157 g/mol. The number of hydrogen-bond acceptors (Lipinski definition) is 4. The second-order valence-electron chi connectivity index (χ2n) is 1.45. The summed E-state index contributed by atoms with van der Waals surface area (Å²) in [5, 5.41) is 32.5. The molecule has 0 fully saturated rings. The first-order valence-corrected chi connectivity index (χ1v) is 2.30. The van der Waals surface area contributed by atoms with Crippen LogP contribution in [-0.2, 0) is 9.59 Å². The summed E-state index contributed by atoms with van der Waals surface area (Å²) in [7, 11) is 0. The van der Waals surface area contributed by atoms with Gasteiger partial charge < -0.3 is 15.3 Å². The lowest BCUT2D eigenvalue weighted by Gasteiger charge is -1.91. The molecular formula is C5H3NO5. The number of nitriles is 1. The number of aliphatic carboxylic acids is 2.